The molecule has 4 heteroatoms. The van der Waals surface area contributed by atoms with Gasteiger partial charge in [0.05, 0.1) is 19.1 Å². The Hall–Kier alpha value is -0.870. The van der Waals surface area contributed by atoms with Crippen molar-refractivity contribution < 1.29 is 9.90 Å². The van der Waals surface area contributed by atoms with Crippen molar-refractivity contribution in [2.75, 3.05) is 13.2 Å². The van der Waals surface area contributed by atoms with E-state index in [-0.39, 0.29) is 18.6 Å². The molecule has 2 heterocycles. The Balaban J connectivity index is 1.97. The number of hydrogen-bond donors (Lipinski definition) is 1. The lowest BCUT2D eigenvalue weighted by Crippen LogP contribution is -2.46. The minimum absolute atomic E-state index is 0.0416. The van der Waals surface area contributed by atoms with Crippen LogP contribution in [0.3, 0.4) is 0 Å². The Morgan fingerprint density at radius 1 is 1.56 bits per heavy atom. The molecule has 1 N–H and O–H groups in total. The van der Waals surface area contributed by atoms with Crippen LogP contribution in [0.25, 0.3) is 0 Å². The van der Waals surface area contributed by atoms with Gasteiger partial charge >= 0.3 is 0 Å². The fourth-order valence-electron chi connectivity index (χ4n) is 2.19. The van der Waals surface area contributed by atoms with E-state index in [9.17, 15) is 9.90 Å². The third-order valence-electron chi connectivity index (χ3n) is 3.09. The van der Waals surface area contributed by atoms with E-state index >= 15 is 0 Å². The summed E-state index contributed by atoms with van der Waals surface area (Å²) in [5, 5.41) is 13.2. The van der Waals surface area contributed by atoms with E-state index < -0.39 is 0 Å². The lowest BCUT2D eigenvalue weighted by molar-refractivity contribution is -0.135. The summed E-state index contributed by atoms with van der Waals surface area (Å²) in [5.74, 6) is 0.150. The predicted octanol–water partition coefficient (Wildman–Crippen LogP) is 1.66. The zero-order valence-corrected chi connectivity index (χ0v) is 10.1. The molecule has 0 aromatic carbocycles. The van der Waals surface area contributed by atoms with Gasteiger partial charge in [0.15, 0.2) is 0 Å². The van der Waals surface area contributed by atoms with E-state index in [0.717, 1.165) is 31.4 Å². The molecule has 1 aliphatic rings. The molecule has 1 aliphatic heterocycles. The second-order valence-electron chi connectivity index (χ2n) is 4.23. The summed E-state index contributed by atoms with van der Waals surface area (Å²) in [4.78, 5) is 13.9. The van der Waals surface area contributed by atoms with Crippen molar-refractivity contribution in [3.05, 3.63) is 22.4 Å². The summed E-state index contributed by atoms with van der Waals surface area (Å²) >= 11 is 1.61. The molecule has 1 fully saturated rings. The van der Waals surface area contributed by atoms with Crippen molar-refractivity contribution in [3.63, 3.8) is 0 Å². The zero-order chi connectivity index (χ0) is 11.4. The highest BCUT2D eigenvalue weighted by Gasteiger charge is 2.25. The summed E-state index contributed by atoms with van der Waals surface area (Å²) in [6, 6.07) is 2.03. The van der Waals surface area contributed by atoms with Crippen molar-refractivity contribution in [1.82, 2.24) is 4.90 Å². The van der Waals surface area contributed by atoms with Gasteiger partial charge < -0.3 is 10.0 Å². The molecule has 1 aromatic rings. The van der Waals surface area contributed by atoms with Gasteiger partial charge in [-0.2, -0.15) is 11.3 Å². The highest BCUT2D eigenvalue weighted by atomic mass is 32.1. The Bertz CT molecular complexity index is 337. The fourth-order valence-corrected chi connectivity index (χ4v) is 2.86. The van der Waals surface area contributed by atoms with Crippen LogP contribution in [0.1, 0.15) is 24.8 Å². The SMILES string of the molecule is O=C(Cc1ccsc1)N1CCCCC1CO. The highest BCUT2D eigenvalue weighted by molar-refractivity contribution is 7.07. The van der Waals surface area contributed by atoms with Crippen LogP contribution in [-0.2, 0) is 11.2 Å². The number of likely N-dealkylation sites (tertiary alicyclic amines) is 1. The van der Waals surface area contributed by atoms with E-state index in [2.05, 4.69) is 0 Å². The summed E-state index contributed by atoms with van der Waals surface area (Å²) < 4.78 is 0. The lowest BCUT2D eigenvalue weighted by Gasteiger charge is -2.34. The summed E-state index contributed by atoms with van der Waals surface area (Å²) in [7, 11) is 0. The van der Waals surface area contributed by atoms with Crippen molar-refractivity contribution in [2.24, 2.45) is 0 Å². The van der Waals surface area contributed by atoms with Crippen LogP contribution in [0.5, 0.6) is 0 Å². The second-order valence-corrected chi connectivity index (χ2v) is 5.01. The molecule has 0 saturated carbocycles. The minimum atomic E-state index is 0.0416. The number of piperidine rings is 1. The molecule has 0 bridgehead atoms. The summed E-state index contributed by atoms with van der Waals surface area (Å²) in [6.07, 6.45) is 3.59. The number of aliphatic hydroxyl groups excluding tert-OH is 1. The number of amides is 1. The van der Waals surface area contributed by atoms with E-state index in [1.165, 1.54) is 0 Å². The third-order valence-corrected chi connectivity index (χ3v) is 3.83. The molecular formula is C12H17NO2S. The van der Waals surface area contributed by atoms with Crippen LogP contribution < -0.4 is 0 Å². The zero-order valence-electron chi connectivity index (χ0n) is 9.26. The third kappa shape index (κ3) is 2.62. The van der Waals surface area contributed by atoms with Crippen molar-refractivity contribution in [3.8, 4) is 0 Å². The van der Waals surface area contributed by atoms with Gasteiger partial charge in [-0.05, 0) is 41.7 Å². The van der Waals surface area contributed by atoms with E-state index in [1.54, 1.807) is 11.3 Å². The van der Waals surface area contributed by atoms with E-state index in [1.807, 2.05) is 21.7 Å². The molecule has 0 aliphatic carbocycles. The second kappa shape index (κ2) is 5.46. The van der Waals surface area contributed by atoms with Crippen molar-refractivity contribution >= 4 is 17.2 Å². The van der Waals surface area contributed by atoms with Crippen LogP contribution in [0.15, 0.2) is 16.8 Å². The molecule has 1 amide bonds. The average Bonchev–Trinajstić information content (AvgIpc) is 2.81. The van der Waals surface area contributed by atoms with Gasteiger partial charge in [0.2, 0.25) is 5.91 Å². The molecule has 88 valence electrons. The molecule has 16 heavy (non-hydrogen) atoms. The largest absolute Gasteiger partial charge is 0.394 e. The molecular weight excluding hydrogens is 222 g/mol. The van der Waals surface area contributed by atoms with Crippen LogP contribution in [0.2, 0.25) is 0 Å². The van der Waals surface area contributed by atoms with E-state index in [0.29, 0.717) is 6.42 Å². The minimum Gasteiger partial charge on any atom is -0.394 e. The number of rotatable bonds is 3. The maximum absolute atomic E-state index is 12.1. The highest BCUT2D eigenvalue weighted by Crippen LogP contribution is 2.18. The standard InChI is InChI=1S/C12H17NO2S/c14-8-11-3-1-2-5-13(11)12(15)7-10-4-6-16-9-10/h4,6,9,11,14H,1-3,5,7-8H2. The van der Waals surface area contributed by atoms with Gasteiger partial charge in [-0.25, -0.2) is 0 Å². The number of carbonyl (C=O) groups excluding carboxylic acids is 1. The number of hydrogen-bond acceptors (Lipinski definition) is 3. The molecule has 0 radical (unpaired) electrons. The van der Waals surface area contributed by atoms with Gasteiger partial charge in [0.25, 0.3) is 0 Å². The van der Waals surface area contributed by atoms with Crippen molar-refractivity contribution in [2.45, 2.75) is 31.7 Å². The molecule has 2 rings (SSSR count). The van der Waals surface area contributed by atoms with E-state index in [4.69, 9.17) is 0 Å². The molecule has 0 spiro atoms. The quantitative estimate of drug-likeness (QED) is 0.871. The topological polar surface area (TPSA) is 40.5 Å². The maximum atomic E-state index is 12.1. The maximum Gasteiger partial charge on any atom is 0.227 e. The lowest BCUT2D eigenvalue weighted by atomic mass is 10.0. The van der Waals surface area contributed by atoms with Crippen LogP contribution in [0, 0.1) is 0 Å². The first-order chi connectivity index (χ1) is 7.81. The fraction of sp³-hybridized carbons (Fsp3) is 0.583. The first-order valence-corrected chi connectivity index (χ1v) is 6.67. The first-order valence-electron chi connectivity index (χ1n) is 5.72. The molecule has 3 nitrogen and oxygen atoms in total. The van der Waals surface area contributed by atoms with Gasteiger partial charge in [-0.15, -0.1) is 0 Å². The summed E-state index contributed by atoms with van der Waals surface area (Å²) in [5.41, 5.74) is 1.08. The monoisotopic (exact) mass is 239 g/mol. The molecule has 1 saturated heterocycles. The number of thiophene rings is 1. The number of carbonyl (C=O) groups is 1. The predicted molar refractivity (Wildman–Crippen MR) is 64.5 cm³/mol. The summed E-state index contributed by atoms with van der Waals surface area (Å²) in [6.45, 7) is 0.892. The van der Waals surface area contributed by atoms with Crippen molar-refractivity contribution in [1.29, 1.82) is 0 Å². The van der Waals surface area contributed by atoms with Crippen LogP contribution in [-0.4, -0.2) is 35.1 Å². The Morgan fingerprint density at radius 2 is 2.44 bits per heavy atom. The van der Waals surface area contributed by atoms with Gasteiger partial charge in [0.1, 0.15) is 0 Å². The molecule has 1 aromatic heterocycles. The van der Waals surface area contributed by atoms with Gasteiger partial charge in [-0.3, -0.25) is 4.79 Å². The average molecular weight is 239 g/mol. The number of nitrogens with zero attached hydrogens (tertiary/aromatic N) is 1. The Kier molecular flexibility index (Phi) is 3.96. The Morgan fingerprint density at radius 3 is 3.12 bits per heavy atom. The van der Waals surface area contributed by atoms with Gasteiger partial charge in [0, 0.05) is 6.54 Å². The normalized spacial score (nSPS) is 21.1. The van der Waals surface area contributed by atoms with Crippen LogP contribution in [0.4, 0.5) is 0 Å². The Labute approximate surface area is 99.7 Å². The number of aliphatic hydroxyl groups is 1. The molecule has 1 unspecified atom stereocenters. The molecule has 1 atom stereocenters. The first kappa shape index (κ1) is 11.6. The smallest absolute Gasteiger partial charge is 0.227 e. The van der Waals surface area contributed by atoms with Crippen LogP contribution >= 0.6 is 11.3 Å². The van der Waals surface area contributed by atoms with Gasteiger partial charge in [-0.1, -0.05) is 0 Å².